The molecule has 0 aliphatic carbocycles. The van der Waals surface area contributed by atoms with Crippen LogP contribution in [-0.4, -0.2) is 36.3 Å². The van der Waals surface area contributed by atoms with Gasteiger partial charge in [-0.2, -0.15) is 0 Å². The fourth-order valence-electron chi connectivity index (χ4n) is 2.73. The van der Waals surface area contributed by atoms with Crippen LogP contribution in [0.1, 0.15) is 39.4 Å². The molecule has 0 aromatic heterocycles. The predicted octanol–water partition coefficient (Wildman–Crippen LogP) is 4.89. The third kappa shape index (κ3) is 6.20. The SMILES string of the molecule is CC(C)N(C(=O)OC=C=C([C@H](O)c1ccccc1)[Si](C)(C)C)C(C)C. The van der Waals surface area contributed by atoms with Crippen LogP contribution >= 0.6 is 0 Å². The minimum Gasteiger partial charge on any atom is -0.410 e. The van der Waals surface area contributed by atoms with E-state index in [1.165, 1.54) is 6.26 Å². The van der Waals surface area contributed by atoms with E-state index in [0.29, 0.717) is 0 Å². The molecule has 0 saturated heterocycles. The Bertz CT molecular complexity index is 618. The molecule has 1 aromatic carbocycles. The van der Waals surface area contributed by atoms with Gasteiger partial charge >= 0.3 is 6.09 Å². The maximum absolute atomic E-state index is 12.3. The summed E-state index contributed by atoms with van der Waals surface area (Å²) in [4.78, 5) is 13.9. The zero-order valence-corrected chi connectivity index (χ0v) is 17.4. The lowest BCUT2D eigenvalue weighted by Gasteiger charge is -2.28. The molecule has 0 fully saturated rings. The molecule has 0 heterocycles. The Morgan fingerprint density at radius 1 is 1.12 bits per heavy atom. The second kappa shape index (κ2) is 9.04. The molecule has 4 nitrogen and oxygen atoms in total. The van der Waals surface area contributed by atoms with Crippen molar-refractivity contribution in [3.8, 4) is 0 Å². The van der Waals surface area contributed by atoms with Crippen molar-refractivity contribution >= 4 is 14.2 Å². The number of carbonyl (C=O) groups is 1. The van der Waals surface area contributed by atoms with E-state index in [9.17, 15) is 9.90 Å². The van der Waals surface area contributed by atoms with Crippen LogP contribution in [0.25, 0.3) is 0 Å². The standard InChI is InChI=1S/C20H31NO3Si/c1-15(2)21(16(3)4)20(23)24-14-13-18(25(5,6)7)19(22)17-11-9-8-10-12-17/h8-12,14-16,19,22H,1-7H3/t13?,19-/m1/s1. The summed E-state index contributed by atoms with van der Waals surface area (Å²) in [6, 6.07) is 9.58. The molecule has 1 amide bonds. The highest BCUT2D eigenvalue weighted by atomic mass is 28.3. The summed E-state index contributed by atoms with van der Waals surface area (Å²) in [6.45, 7) is 14.2. The molecule has 1 atom stereocenters. The van der Waals surface area contributed by atoms with Crippen LogP contribution in [0.15, 0.2) is 47.5 Å². The van der Waals surface area contributed by atoms with Gasteiger partial charge in [-0.1, -0.05) is 55.7 Å². The molecule has 0 bridgehead atoms. The number of benzene rings is 1. The Morgan fingerprint density at radius 2 is 1.64 bits per heavy atom. The van der Waals surface area contributed by atoms with Crippen LogP contribution in [0.5, 0.6) is 0 Å². The number of ether oxygens (including phenoxy) is 1. The van der Waals surface area contributed by atoms with Gasteiger partial charge in [-0.25, -0.2) is 4.79 Å². The first-order chi connectivity index (χ1) is 11.6. The molecule has 138 valence electrons. The maximum atomic E-state index is 12.3. The summed E-state index contributed by atoms with van der Waals surface area (Å²) in [5, 5.41) is 11.5. The summed E-state index contributed by atoms with van der Waals surface area (Å²) in [6.07, 6.45) is 0.149. The van der Waals surface area contributed by atoms with Crippen LogP contribution in [0.2, 0.25) is 19.6 Å². The van der Waals surface area contributed by atoms with Gasteiger partial charge in [0, 0.05) is 12.1 Å². The molecule has 0 spiro atoms. The zero-order valence-electron chi connectivity index (χ0n) is 16.4. The van der Waals surface area contributed by atoms with Crippen molar-refractivity contribution in [1.29, 1.82) is 0 Å². The first-order valence-corrected chi connectivity index (χ1v) is 12.2. The average Bonchev–Trinajstić information content (AvgIpc) is 2.50. The van der Waals surface area contributed by atoms with Crippen LogP contribution in [0.4, 0.5) is 4.79 Å². The number of carbonyl (C=O) groups excluding carboxylic acids is 1. The number of amides is 1. The molecule has 1 rings (SSSR count). The molecule has 0 aliphatic rings. The van der Waals surface area contributed by atoms with E-state index in [2.05, 4.69) is 25.4 Å². The number of nitrogens with zero attached hydrogens (tertiary/aromatic N) is 1. The molecule has 1 aromatic rings. The fourth-order valence-corrected chi connectivity index (χ4v) is 4.21. The lowest BCUT2D eigenvalue weighted by molar-refractivity contribution is 0.109. The minimum absolute atomic E-state index is 0.0521. The summed E-state index contributed by atoms with van der Waals surface area (Å²) in [7, 11) is -1.86. The summed E-state index contributed by atoms with van der Waals surface area (Å²) >= 11 is 0. The maximum Gasteiger partial charge on any atom is 0.415 e. The van der Waals surface area contributed by atoms with Gasteiger partial charge in [0.2, 0.25) is 0 Å². The first-order valence-electron chi connectivity index (χ1n) is 8.73. The van der Waals surface area contributed by atoms with Gasteiger partial charge in [-0.15, -0.1) is 0 Å². The molecular formula is C20H31NO3Si. The Morgan fingerprint density at radius 3 is 2.08 bits per heavy atom. The second-order valence-electron chi connectivity index (χ2n) is 7.72. The highest BCUT2D eigenvalue weighted by molar-refractivity contribution is 6.83. The number of hydrogen-bond acceptors (Lipinski definition) is 3. The summed E-state index contributed by atoms with van der Waals surface area (Å²) in [5.74, 6) is 0. The zero-order chi connectivity index (χ0) is 19.2. The molecule has 0 radical (unpaired) electrons. The minimum atomic E-state index is -1.86. The Hall–Kier alpha value is -1.81. The third-order valence-corrected chi connectivity index (χ3v) is 5.93. The lowest BCUT2D eigenvalue weighted by Crippen LogP contribution is -2.41. The van der Waals surface area contributed by atoms with Crippen LogP contribution < -0.4 is 0 Å². The Balaban J connectivity index is 3.08. The Kier molecular flexibility index (Phi) is 7.68. The lowest BCUT2D eigenvalue weighted by atomic mass is 10.1. The van der Waals surface area contributed by atoms with Gasteiger partial charge in [0.05, 0.1) is 8.07 Å². The third-order valence-electron chi connectivity index (χ3n) is 3.89. The van der Waals surface area contributed by atoms with Crippen molar-refractivity contribution in [3.05, 3.63) is 53.1 Å². The molecule has 5 heteroatoms. The average molecular weight is 362 g/mol. The van der Waals surface area contributed by atoms with Gasteiger partial charge in [-0.05, 0) is 38.5 Å². The molecule has 0 aliphatic heterocycles. The van der Waals surface area contributed by atoms with Crippen LogP contribution in [0, 0.1) is 0 Å². The van der Waals surface area contributed by atoms with Crippen LogP contribution in [0.3, 0.4) is 0 Å². The van der Waals surface area contributed by atoms with Crippen molar-refractivity contribution < 1.29 is 14.6 Å². The predicted molar refractivity (Wildman–Crippen MR) is 105 cm³/mol. The van der Waals surface area contributed by atoms with E-state index in [-0.39, 0.29) is 12.1 Å². The number of aliphatic hydroxyl groups is 1. The smallest absolute Gasteiger partial charge is 0.410 e. The number of rotatable bonds is 6. The largest absolute Gasteiger partial charge is 0.415 e. The van der Waals surface area contributed by atoms with E-state index in [1.807, 2.05) is 58.0 Å². The van der Waals surface area contributed by atoms with Crippen molar-refractivity contribution in [2.24, 2.45) is 0 Å². The highest BCUT2D eigenvalue weighted by Gasteiger charge is 2.27. The Labute approximate surface area is 152 Å². The fraction of sp³-hybridized carbons (Fsp3) is 0.500. The number of aliphatic hydroxyl groups excluding tert-OH is 1. The molecule has 1 N–H and O–H groups in total. The van der Waals surface area contributed by atoms with Crippen molar-refractivity contribution in [2.75, 3.05) is 0 Å². The van der Waals surface area contributed by atoms with Crippen molar-refractivity contribution in [3.63, 3.8) is 0 Å². The quantitative estimate of drug-likeness (QED) is 0.446. The second-order valence-corrected chi connectivity index (χ2v) is 12.8. The van der Waals surface area contributed by atoms with Gasteiger partial charge in [0.15, 0.2) is 0 Å². The van der Waals surface area contributed by atoms with Crippen molar-refractivity contribution in [2.45, 2.75) is 65.5 Å². The normalized spacial score (nSPS) is 12.6. The summed E-state index contributed by atoms with van der Waals surface area (Å²) in [5.41, 5.74) is 3.87. The van der Waals surface area contributed by atoms with Crippen molar-refractivity contribution in [1.82, 2.24) is 4.90 Å². The molecule has 0 unspecified atom stereocenters. The topological polar surface area (TPSA) is 49.8 Å². The number of hydrogen-bond donors (Lipinski definition) is 1. The molecule has 25 heavy (non-hydrogen) atoms. The van der Waals surface area contributed by atoms with E-state index in [1.54, 1.807) is 4.90 Å². The molecular weight excluding hydrogens is 330 g/mol. The van der Waals surface area contributed by atoms with Gasteiger partial charge in [0.25, 0.3) is 0 Å². The van der Waals surface area contributed by atoms with Crippen LogP contribution in [-0.2, 0) is 4.74 Å². The monoisotopic (exact) mass is 361 g/mol. The molecule has 0 saturated carbocycles. The van der Waals surface area contributed by atoms with E-state index < -0.39 is 20.3 Å². The van der Waals surface area contributed by atoms with Gasteiger partial charge < -0.3 is 14.7 Å². The van der Waals surface area contributed by atoms with Gasteiger partial charge in [-0.3, -0.25) is 0 Å². The van der Waals surface area contributed by atoms with E-state index in [4.69, 9.17) is 4.74 Å². The first kappa shape index (κ1) is 21.2. The van der Waals surface area contributed by atoms with Gasteiger partial charge in [0.1, 0.15) is 12.4 Å². The van der Waals surface area contributed by atoms with E-state index >= 15 is 0 Å². The summed E-state index contributed by atoms with van der Waals surface area (Å²) < 4.78 is 5.28. The highest BCUT2D eigenvalue weighted by Crippen LogP contribution is 2.28. The van der Waals surface area contributed by atoms with E-state index in [0.717, 1.165) is 10.8 Å².